The molecule has 0 heterocycles. The molecule has 4 atom stereocenters. The summed E-state index contributed by atoms with van der Waals surface area (Å²) in [5.74, 6) is -1.66. The van der Waals surface area contributed by atoms with Crippen molar-refractivity contribution in [2.45, 2.75) is 38.0 Å². The SMILES string of the molecule is COC(=O)[C@@H](N)c1ccc(F)cc1.COC(=O)[C@@H](NCC=C(c1ccccc1)c1ccccc1)c1ccc(F)cc1.C[C@@H](N)c1ccc(Cl)cc1.C[C@@H](NCC=C(c1ccccc1)c1ccccc1)c1ccc(Cl)cc1.O=CC=C(c1ccccc1)c1ccccc1. The first kappa shape index (κ1) is 71.4. The largest absolute Gasteiger partial charge is 0.468 e. The van der Waals surface area contributed by atoms with Crippen LogP contribution in [0.25, 0.3) is 16.7 Å². The summed E-state index contributed by atoms with van der Waals surface area (Å²) in [6, 6.07) is 86.7. The summed E-state index contributed by atoms with van der Waals surface area (Å²) in [5, 5.41) is 8.30. The van der Waals surface area contributed by atoms with Crippen molar-refractivity contribution in [3.8, 4) is 0 Å². The van der Waals surface area contributed by atoms with E-state index in [9.17, 15) is 23.2 Å². The van der Waals surface area contributed by atoms with E-state index in [2.05, 4.69) is 113 Å². The first-order valence-electron chi connectivity index (χ1n) is 29.7. The van der Waals surface area contributed by atoms with Crippen LogP contribution in [0.5, 0.6) is 0 Å². The Balaban J connectivity index is 0.000000191. The van der Waals surface area contributed by atoms with Crippen LogP contribution in [-0.4, -0.2) is 45.5 Å². The van der Waals surface area contributed by atoms with E-state index in [0.29, 0.717) is 17.7 Å². The lowest BCUT2D eigenvalue weighted by molar-refractivity contribution is -0.143. The number of nitrogens with two attached hydrogens (primary N) is 2. The highest BCUT2D eigenvalue weighted by Crippen LogP contribution is 2.27. The van der Waals surface area contributed by atoms with Gasteiger partial charge >= 0.3 is 11.9 Å². The number of nitrogens with one attached hydrogen (secondary N) is 2. The quantitative estimate of drug-likeness (QED) is 0.0353. The summed E-state index contributed by atoms with van der Waals surface area (Å²) in [7, 11) is 2.60. The van der Waals surface area contributed by atoms with Crippen LogP contribution >= 0.6 is 23.2 Å². The molecule has 0 bridgehead atoms. The van der Waals surface area contributed by atoms with Crippen LogP contribution in [-0.2, 0) is 23.9 Å². The molecule has 0 fully saturated rings. The van der Waals surface area contributed by atoms with E-state index in [-0.39, 0.29) is 23.7 Å². The molecule has 0 saturated carbocycles. The number of benzene rings is 10. The van der Waals surface area contributed by atoms with Gasteiger partial charge in [-0.3, -0.25) is 14.9 Å². The number of carbonyl (C=O) groups excluding carboxylic acids is 3. The average molecular weight is 1270 g/mol. The third-order valence-electron chi connectivity index (χ3n) is 14.2. The number of carbonyl (C=O) groups is 3. The summed E-state index contributed by atoms with van der Waals surface area (Å²) in [6.45, 7) is 5.35. The molecule has 0 saturated heterocycles. The summed E-state index contributed by atoms with van der Waals surface area (Å²) in [5.41, 5.74) is 24.7. The Labute approximate surface area is 549 Å². The van der Waals surface area contributed by atoms with Crippen molar-refractivity contribution >= 4 is 58.1 Å². The highest BCUT2D eigenvalue weighted by Gasteiger charge is 2.21. The lowest BCUT2D eigenvalue weighted by atomic mass is 9.97. The van der Waals surface area contributed by atoms with Crippen molar-refractivity contribution in [2.24, 2.45) is 11.5 Å². The van der Waals surface area contributed by atoms with E-state index in [1.54, 1.807) is 18.2 Å². The Morgan fingerprint density at radius 1 is 0.413 bits per heavy atom. The predicted octanol–water partition coefficient (Wildman–Crippen LogP) is 17.6. The maximum absolute atomic E-state index is 13.2. The van der Waals surface area contributed by atoms with Crippen LogP contribution in [0.2, 0.25) is 10.0 Å². The average Bonchev–Trinajstić information content (AvgIpc) is 1.23. The molecule has 470 valence electrons. The van der Waals surface area contributed by atoms with Gasteiger partial charge in [-0.15, -0.1) is 0 Å². The molecule has 0 unspecified atom stereocenters. The van der Waals surface area contributed by atoms with Gasteiger partial charge in [0.05, 0.1) is 14.2 Å². The van der Waals surface area contributed by atoms with Crippen molar-refractivity contribution in [1.29, 1.82) is 0 Å². The molecular formula is C79H76Cl2F2N4O5. The van der Waals surface area contributed by atoms with Crippen molar-refractivity contribution in [2.75, 3.05) is 27.3 Å². The molecule has 10 rings (SSSR count). The summed E-state index contributed by atoms with van der Waals surface area (Å²) in [6.07, 6.45) is 6.74. The molecule has 10 aromatic rings. The molecule has 0 spiro atoms. The number of hydrogen-bond donors (Lipinski definition) is 4. The van der Waals surface area contributed by atoms with E-state index in [1.165, 1.54) is 72.9 Å². The second kappa shape index (κ2) is 39.4. The van der Waals surface area contributed by atoms with Crippen LogP contribution in [0.3, 0.4) is 0 Å². The van der Waals surface area contributed by atoms with Crippen molar-refractivity contribution in [1.82, 2.24) is 10.6 Å². The van der Waals surface area contributed by atoms with E-state index in [0.717, 1.165) is 61.8 Å². The molecule has 0 aliphatic rings. The van der Waals surface area contributed by atoms with Gasteiger partial charge < -0.3 is 26.3 Å². The van der Waals surface area contributed by atoms with Crippen LogP contribution in [0.1, 0.15) is 93.6 Å². The molecule has 92 heavy (non-hydrogen) atoms. The number of esters is 2. The van der Waals surface area contributed by atoms with Gasteiger partial charge in [0.2, 0.25) is 0 Å². The standard InChI is InChI=1S/C24H22FNO2.C23H22ClN.C15H12O.C9H10FNO2.C8H10ClN/c1-28-24(27)23(20-12-14-21(25)15-13-20)26-17-16-22(18-8-4-2-5-9-18)19-10-6-3-7-11-19;1-18(19-12-14-22(24)15-13-19)25-17-16-23(20-8-4-2-5-9-20)21-10-6-3-7-11-21;16-12-11-15(13-7-3-1-4-8-13)14-9-5-2-6-10-14;1-13-9(12)8(11)6-2-4-7(10)5-3-6;1-6(10)7-2-4-8(9)5-3-7/h2-16,23,26H,17H2,1H3;2-16,18,25H,17H2,1H3;1-12H;2-5,8H,11H2,1H3;2-6H,10H2,1H3/t23-;18-;;8-;6-/m01.01/s1. The van der Waals surface area contributed by atoms with Gasteiger partial charge in [-0.25, -0.2) is 13.6 Å². The Hall–Kier alpha value is -9.69. The number of hydrogen-bond acceptors (Lipinski definition) is 9. The number of methoxy groups -OCH3 is 2. The van der Waals surface area contributed by atoms with Gasteiger partial charge in [-0.1, -0.05) is 266 Å². The lowest BCUT2D eigenvalue weighted by Gasteiger charge is -2.17. The van der Waals surface area contributed by atoms with E-state index < -0.39 is 24.0 Å². The predicted molar refractivity (Wildman–Crippen MR) is 372 cm³/mol. The van der Waals surface area contributed by atoms with Gasteiger partial charge in [0.15, 0.2) is 0 Å². The van der Waals surface area contributed by atoms with Gasteiger partial charge in [-0.05, 0) is 141 Å². The molecule has 6 N–H and O–H groups in total. The monoisotopic (exact) mass is 1270 g/mol. The minimum absolute atomic E-state index is 0.0947. The van der Waals surface area contributed by atoms with Gasteiger partial charge in [0.1, 0.15) is 30.0 Å². The topological polar surface area (TPSA) is 146 Å². The second-order valence-corrected chi connectivity index (χ2v) is 21.5. The smallest absolute Gasteiger partial charge is 0.327 e. The summed E-state index contributed by atoms with van der Waals surface area (Å²) < 4.78 is 35.0. The van der Waals surface area contributed by atoms with E-state index in [1.807, 2.05) is 159 Å². The second-order valence-electron chi connectivity index (χ2n) is 20.6. The zero-order valence-electron chi connectivity index (χ0n) is 51.8. The molecule has 0 radical (unpaired) electrons. The molecule has 10 aromatic carbocycles. The normalized spacial score (nSPS) is 11.5. The fourth-order valence-corrected chi connectivity index (χ4v) is 9.49. The summed E-state index contributed by atoms with van der Waals surface area (Å²) in [4.78, 5) is 33.9. The minimum Gasteiger partial charge on any atom is -0.468 e. The number of halogens is 4. The molecular weight excluding hydrogens is 1190 g/mol. The fraction of sp³-hybridized carbons (Fsp3) is 0.127. The summed E-state index contributed by atoms with van der Waals surface area (Å²) >= 11 is 11.6. The third kappa shape index (κ3) is 23.9. The molecule has 0 aliphatic heterocycles. The van der Waals surface area contributed by atoms with E-state index >= 15 is 0 Å². The molecule has 0 aliphatic carbocycles. The van der Waals surface area contributed by atoms with Crippen molar-refractivity contribution in [3.63, 3.8) is 0 Å². The van der Waals surface area contributed by atoms with Crippen LogP contribution < -0.4 is 22.1 Å². The Kier molecular flexibility index (Phi) is 30.6. The Bertz CT molecular complexity index is 3720. The van der Waals surface area contributed by atoms with Crippen molar-refractivity contribution in [3.05, 3.63) is 375 Å². The lowest BCUT2D eigenvalue weighted by Crippen LogP contribution is -2.30. The number of ether oxygens (including phenoxy) is 2. The van der Waals surface area contributed by atoms with Crippen LogP contribution in [0.4, 0.5) is 8.78 Å². The molecule has 9 nitrogen and oxygen atoms in total. The van der Waals surface area contributed by atoms with Crippen LogP contribution in [0.15, 0.2) is 297 Å². The highest BCUT2D eigenvalue weighted by atomic mass is 35.5. The number of allylic oxidation sites excluding steroid dienone is 1. The van der Waals surface area contributed by atoms with Gasteiger partial charge in [0.25, 0.3) is 0 Å². The molecule has 13 heteroatoms. The molecule has 0 amide bonds. The van der Waals surface area contributed by atoms with Gasteiger partial charge in [-0.2, -0.15) is 0 Å². The van der Waals surface area contributed by atoms with E-state index in [4.69, 9.17) is 39.4 Å². The first-order valence-corrected chi connectivity index (χ1v) is 30.5. The Morgan fingerprint density at radius 3 is 1.04 bits per heavy atom. The third-order valence-corrected chi connectivity index (χ3v) is 14.7. The maximum atomic E-state index is 13.2. The molecule has 0 aromatic heterocycles. The highest BCUT2D eigenvalue weighted by molar-refractivity contribution is 6.30. The first-order chi connectivity index (χ1) is 44.7. The maximum Gasteiger partial charge on any atom is 0.327 e. The van der Waals surface area contributed by atoms with Crippen LogP contribution in [0, 0.1) is 11.6 Å². The zero-order valence-corrected chi connectivity index (χ0v) is 53.3. The Morgan fingerprint density at radius 2 is 0.717 bits per heavy atom. The number of aldehydes is 1. The van der Waals surface area contributed by atoms with Crippen molar-refractivity contribution < 1.29 is 32.6 Å². The minimum atomic E-state index is -0.842. The fourth-order valence-electron chi connectivity index (χ4n) is 9.23. The van der Waals surface area contributed by atoms with Gasteiger partial charge in [0, 0.05) is 35.2 Å². The zero-order chi connectivity index (χ0) is 65.9. The number of rotatable bonds is 19.